The zero-order valence-electron chi connectivity index (χ0n) is 13.5. The van der Waals surface area contributed by atoms with Crippen LogP contribution < -0.4 is 0 Å². The van der Waals surface area contributed by atoms with Gasteiger partial charge in [-0.1, -0.05) is 11.6 Å². The molecule has 0 aliphatic carbocycles. The number of benzene rings is 1. The standard InChI is InChI=1S/C17H15ClFN5O/c1-22-6-2-3-14(22)16-21-20-15-10-23(7-8-24(15)16)17(25)12-5-4-11(19)9-13(12)18/h2-6,9H,7-8,10H2,1H3. The highest BCUT2D eigenvalue weighted by atomic mass is 35.5. The number of carbonyl (C=O) groups is 1. The Balaban J connectivity index is 1.61. The molecule has 0 bridgehead atoms. The van der Waals surface area contributed by atoms with E-state index in [9.17, 15) is 9.18 Å². The van der Waals surface area contributed by atoms with Crippen LogP contribution in [0.2, 0.25) is 5.02 Å². The molecule has 3 aromatic rings. The van der Waals surface area contributed by atoms with Crippen LogP contribution in [-0.2, 0) is 20.1 Å². The summed E-state index contributed by atoms with van der Waals surface area (Å²) in [6.07, 6.45) is 1.95. The molecule has 2 aromatic heterocycles. The lowest BCUT2D eigenvalue weighted by molar-refractivity contribution is 0.0708. The number of rotatable bonds is 2. The average Bonchev–Trinajstić information content (AvgIpc) is 3.19. The van der Waals surface area contributed by atoms with Crippen LogP contribution in [-0.4, -0.2) is 36.7 Å². The van der Waals surface area contributed by atoms with Crippen molar-refractivity contribution in [1.29, 1.82) is 0 Å². The highest BCUT2D eigenvalue weighted by Gasteiger charge is 2.27. The third-order valence-electron chi connectivity index (χ3n) is 4.37. The highest BCUT2D eigenvalue weighted by molar-refractivity contribution is 6.33. The Morgan fingerprint density at radius 2 is 2.08 bits per heavy atom. The lowest BCUT2D eigenvalue weighted by Gasteiger charge is -2.28. The fourth-order valence-electron chi connectivity index (χ4n) is 3.05. The summed E-state index contributed by atoms with van der Waals surface area (Å²) in [6, 6.07) is 7.72. The second-order valence-electron chi connectivity index (χ2n) is 5.95. The van der Waals surface area contributed by atoms with E-state index in [4.69, 9.17) is 11.6 Å². The zero-order chi connectivity index (χ0) is 17.6. The van der Waals surface area contributed by atoms with E-state index in [1.54, 1.807) is 4.90 Å². The third kappa shape index (κ3) is 2.70. The van der Waals surface area contributed by atoms with Gasteiger partial charge in [0.15, 0.2) is 11.6 Å². The maximum atomic E-state index is 13.2. The topological polar surface area (TPSA) is 56.0 Å². The summed E-state index contributed by atoms with van der Waals surface area (Å²) in [5, 5.41) is 8.62. The average molecular weight is 360 g/mol. The molecule has 0 fully saturated rings. The van der Waals surface area contributed by atoms with Gasteiger partial charge in [0.1, 0.15) is 5.82 Å². The van der Waals surface area contributed by atoms with E-state index in [-0.39, 0.29) is 10.9 Å². The summed E-state index contributed by atoms with van der Waals surface area (Å²) in [5.74, 6) is 0.801. The zero-order valence-corrected chi connectivity index (χ0v) is 14.2. The summed E-state index contributed by atoms with van der Waals surface area (Å²) >= 11 is 6.01. The second kappa shape index (κ2) is 6.00. The second-order valence-corrected chi connectivity index (χ2v) is 6.35. The fourth-order valence-corrected chi connectivity index (χ4v) is 3.30. The van der Waals surface area contributed by atoms with Gasteiger partial charge in [-0.15, -0.1) is 10.2 Å². The first kappa shape index (κ1) is 15.8. The summed E-state index contributed by atoms with van der Waals surface area (Å²) in [5.41, 5.74) is 1.26. The largest absolute Gasteiger partial charge is 0.348 e. The van der Waals surface area contributed by atoms with Crippen LogP contribution >= 0.6 is 11.6 Å². The van der Waals surface area contributed by atoms with Gasteiger partial charge >= 0.3 is 0 Å². The van der Waals surface area contributed by atoms with Gasteiger partial charge < -0.3 is 14.0 Å². The first-order valence-corrected chi connectivity index (χ1v) is 8.20. The van der Waals surface area contributed by atoms with E-state index >= 15 is 0 Å². The number of hydrogen-bond acceptors (Lipinski definition) is 3. The van der Waals surface area contributed by atoms with Crippen LogP contribution in [0.4, 0.5) is 4.39 Å². The molecule has 1 amide bonds. The van der Waals surface area contributed by atoms with E-state index in [2.05, 4.69) is 10.2 Å². The Morgan fingerprint density at radius 3 is 2.80 bits per heavy atom. The Morgan fingerprint density at radius 1 is 1.24 bits per heavy atom. The van der Waals surface area contributed by atoms with Crippen molar-refractivity contribution in [2.45, 2.75) is 13.1 Å². The van der Waals surface area contributed by atoms with Crippen molar-refractivity contribution < 1.29 is 9.18 Å². The molecule has 4 rings (SSSR count). The summed E-state index contributed by atoms with van der Waals surface area (Å²) in [6.45, 7) is 1.44. The molecule has 1 aliphatic rings. The lowest BCUT2D eigenvalue weighted by atomic mass is 10.1. The van der Waals surface area contributed by atoms with Gasteiger partial charge in [0.2, 0.25) is 0 Å². The van der Waals surface area contributed by atoms with Crippen LogP contribution in [0.15, 0.2) is 36.5 Å². The first-order chi connectivity index (χ1) is 12.0. The molecule has 0 unspecified atom stereocenters. The van der Waals surface area contributed by atoms with Crippen molar-refractivity contribution in [3.8, 4) is 11.5 Å². The van der Waals surface area contributed by atoms with Gasteiger partial charge in [-0.05, 0) is 30.3 Å². The minimum Gasteiger partial charge on any atom is -0.348 e. The van der Waals surface area contributed by atoms with E-state index in [0.29, 0.717) is 31.0 Å². The van der Waals surface area contributed by atoms with Crippen LogP contribution in [0.25, 0.3) is 11.5 Å². The smallest absolute Gasteiger partial charge is 0.255 e. The van der Waals surface area contributed by atoms with Gasteiger partial charge in [-0.25, -0.2) is 4.39 Å². The van der Waals surface area contributed by atoms with Crippen molar-refractivity contribution in [2.24, 2.45) is 7.05 Å². The number of amides is 1. The normalized spacial score (nSPS) is 13.8. The van der Waals surface area contributed by atoms with Crippen LogP contribution in [0.3, 0.4) is 0 Å². The molecule has 0 saturated heterocycles. The van der Waals surface area contributed by atoms with E-state index in [1.807, 2.05) is 34.5 Å². The van der Waals surface area contributed by atoms with Crippen molar-refractivity contribution in [1.82, 2.24) is 24.2 Å². The summed E-state index contributed by atoms with van der Waals surface area (Å²) in [4.78, 5) is 14.3. The maximum absolute atomic E-state index is 13.2. The number of nitrogens with zero attached hydrogens (tertiary/aromatic N) is 5. The highest BCUT2D eigenvalue weighted by Crippen LogP contribution is 2.24. The van der Waals surface area contributed by atoms with Crippen molar-refractivity contribution in [3.63, 3.8) is 0 Å². The van der Waals surface area contributed by atoms with Gasteiger partial charge in [0, 0.05) is 26.3 Å². The van der Waals surface area contributed by atoms with Crippen LogP contribution in [0, 0.1) is 5.82 Å². The Bertz CT molecular complexity index is 964. The molecule has 0 spiro atoms. The maximum Gasteiger partial charge on any atom is 0.255 e. The monoisotopic (exact) mass is 359 g/mol. The molecule has 25 heavy (non-hydrogen) atoms. The Labute approximate surface area is 148 Å². The minimum absolute atomic E-state index is 0.113. The van der Waals surface area contributed by atoms with E-state index < -0.39 is 5.82 Å². The molecule has 6 nitrogen and oxygen atoms in total. The molecular weight excluding hydrogens is 345 g/mol. The number of fused-ring (bicyclic) bond motifs is 1. The number of aromatic nitrogens is 4. The van der Waals surface area contributed by atoms with Gasteiger partial charge in [0.25, 0.3) is 5.91 Å². The quantitative estimate of drug-likeness (QED) is 0.707. The molecule has 8 heteroatoms. The predicted molar refractivity (Wildman–Crippen MR) is 90.6 cm³/mol. The number of aryl methyl sites for hydroxylation is 1. The van der Waals surface area contributed by atoms with Gasteiger partial charge in [-0.3, -0.25) is 4.79 Å². The molecule has 0 atom stereocenters. The molecule has 1 aromatic carbocycles. The van der Waals surface area contributed by atoms with Crippen molar-refractivity contribution >= 4 is 17.5 Å². The number of carbonyl (C=O) groups excluding carboxylic acids is 1. The molecular formula is C17H15ClFN5O. The van der Waals surface area contributed by atoms with Crippen molar-refractivity contribution in [2.75, 3.05) is 6.54 Å². The Hall–Kier alpha value is -2.67. The molecule has 0 N–H and O–H groups in total. The summed E-state index contributed by atoms with van der Waals surface area (Å²) < 4.78 is 17.2. The van der Waals surface area contributed by atoms with Gasteiger partial charge in [-0.2, -0.15) is 0 Å². The summed E-state index contributed by atoms with van der Waals surface area (Å²) in [7, 11) is 1.95. The van der Waals surface area contributed by atoms with Crippen LogP contribution in [0.1, 0.15) is 16.2 Å². The first-order valence-electron chi connectivity index (χ1n) is 7.82. The third-order valence-corrected chi connectivity index (χ3v) is 4.69. The molecule has 0 saturated carbocycles. The van der Waals surface area contributed by atoms with E-state index in [0.717, 1.165) is 17.6 Å². The molecule has 128 valence electrons. The minimum atomic E-state index is -0.466. The van der Waals surface area contributed by atoms with E-state index in [1.165, 1.54) is 12.1 Å². The SMILES string of the molecule is Cn1cccc1-c1nnc2n1CCN(C(=O)c1ccc(F)cc1Cl)C2. The molecule has 3 heterocycles. The van der Waals surface area contributed by atoms with Crippen LogP contribution in [0.5, 0.6) is 0 Å². The number of halogens is 2. The Kier molecular flexibility index (Phi) is 3.80. The fraction of sp³-hybridized carbons (Fsp3) is 0.235. The van der Waals surface area contributed by atoms with Gasteiger partial charge in [0.05, 0.1) is 22.8 Å². The predicted octanol–water partition coefficient (Wildman–Crippen LogP) is 2.73. The van der Waals surface area contributed by atoms with Crippen molar-refractivity contribution in [3.05, 3.63) is 58.8 Å². The number of hydrogen-bond donors (Lipinski definition) is 0. The molecule has 0 radical (unpaired) electrons. The lowest BCUT2D eigenvalue weighted by Crippen LogP contribution is -2.38. The molecule has 1 aliphatic heterocycles.